The van der Waals surface area contributed by atoms with Crippen molar-refractivity contribution in [2.75, 3.05) is 13.7 Å². The van der Waals surface area contributed by atoms with Crippen LogP contribution in [0.1, 0.15) is 33.3 Å². The van der Waals surface area contributed by atoms with Gasteiger partial charge in [0.15, 0.2) is 0 Å². The molecule has 2 aliphatic rings. The summed E-state index contributed by atoms with van der Waals surface area (Å²) in [5, 5.41) is 2.51. The lowest BCUT2D eigenvalue weighted by molar-refractivity contribution is -0.134. The van der Waals surface area contributed by atoms with Gasteiger partial charge < -0.3 is 9.47 Å². The predicted molar refractivity (Wildman–Crippen MR) is 96.6 cm³/mol. The quantitative estimate of drug-likeness (QED) is 0.815. The van der Waals surface area contributed by atoms with E-state index in [1.807, 2.05) is 0 Å². The number of amides is 2. The summed E-state index contributed by atoms with van der Waals surface area (Å²) in [4.78, 5) is 31.1. The zero-order valence-electron chi connectivity index (χ0n) is 16.1. The summed E-state index contributed by atoms with van der Waals surface area (Å²) in [7, 11) is 1.51. The summed E-state index contributed by atoms with van der Waals surface area (Å²) in [5.41, 5.74) is -1.68. The Morgan fingerprint density at radius 3 is 2.70 bits per heavy atom. The van der Waals surface area contributed by atoms with E-state index in [1.54, 1.807) is 45.9 Å². The third-order valence-electron chi connectivity index (χ3n) is 4.72. The summed E-state index contributed by atoms with van der Waals surface area (Å²) in [6, 6.07) is 6.18. The molecule has 0 saturated carbocycles. The molecule has 8 heteroatoms. The van der Waals surface area contributed by atoms with Gasteiger partial charge in [-0.15, -0.1) is 0 Å². The minimum absolute atomic E-state index is 0.00598. The molecule has 1 fully saturated rings. The maximum atomic E-state index is 14.6. The number of rotatable bonds is 1. The summed E-state index contributed by atoms with van der Waals surface area (Å²) in [6.07, 6.45) is -1.18. The fourth-order valence-corrected chi connectivity index (χ4v) is 3.54. The van der Waals surface area contributed by atoms with Crippen LogP contribution in [0.15, 0.2) is 29.3 Å². The average molecular weight is 377 g/mol. The highest BCUT2D eigenvalue weighted by Gasteiger charge is 2.58. The fourth-order valence-electron chi connectivity index (χ4n) is 3.54. The van der Waals surface area contributed by atoms with Gasteiger partial charge in [-0.25, -0.2) is 14.2 Å². The van der Waals surface area contributed by atoms with Gasteiger partial charge in [0, 0.05) is 12.6 Å². The van der Waals surface area contributed by atoms with Crippen molar-refractivity contribution >= 4 is 18.0 Å². The number of ether oxygens (including phenoxy) is 2. The largest absolute Gasteiger partial charge is 0.444 e. The van der Waals surface area contributed by atoms with Gasteiger partial charge in [0.1, 0.15) is 17.0 Å². The van der Waals surface area contributed by atoms with Gasteiger partial charge in [-0.2, -0.15) is 0 Å². The molecule has 1 aromatic rings. The van der Waals surface area contributed by atoms with E-state index in [4.69, 9.17) is 9.47 Å². The topological polar surface area (TPSA) is 80.2 Å². The van der Waals surface area contributed by atoms with E-state index in [0.717, 1.165) is 0 Å². The average Bonchev–Trinajstić information content (AvgIpc) is 2.89. The summed E-state index contributed by atoms with van der Waals surface area (Å²) in [6.45, 7) is 6.99. The number of carbonyl (C=O) groups is 2. The lowest BCUT2D eigenvalue weighted by atomic mass is 9.76. The van der Waals surface area contributed by atoms with Crippen molar-refractivity contribution in [3.63, 3.8) is 0 Å². The number of benzene rings is 1. The van der Waals surface area contributed by atoms with Crippen molar-refractivity contribution in [1.29, 1.82) is 0 Å². The first-order valence-electron chi connectivity index (χ1n) is 8.79. The number of nitrogens with one attached hydrogen (secondary N) is 1. The van der Waals surface area contributed by atoms with E-state index in [9.17, 15) is 14.0 Å². The van der Waals surface area contributed by atoms with Crippen LogP contribution in [0.3, 0.4) is 0 Å². The monoisotopic (exact) mass is 377 g/mol. The molecule has 1 aromatic carbocycles. The van der Waals surface area contributed by atoms with Gasteiger partial charge in [0.05, 0.1) is 18.6 Å². The van der Waals surface area contributed by atoms with Crippen LogP contribution in [0.2, 0.25) is 0 Å². The molecule has 0 unspecified atom stereocenters. The first kappa shape index (κ1) is 19.3. The molecule has 3 atom stereocenters. The Balaban J connectivity index is 2.06. The zero-order chi connectivity index (χ0) is 20.0. The highest BCUT2D eigenvalue weighted by molar-refractivity contribution is 6.06. The molecular weight excluding hydrogens is 353 g/mol. The normalized spacial score (nSPS) is 27.9. The van der Waals surface area contributed by atoms with Crippen LogP contribution >= 0.6 is 0 Å². The molecule has 0 aliphatic carbocycles. The number of guanidine groups is 1. The molecule has 0 aromatic heterocycles. The van der Waals surface area contributed by atoms with Crippen LogP contribution in [-0.4, -0.2) is 48.2 Å². The highest BCUT2D eigenvalue weighted by Crippen LogP contribution is 2.46. The third-order valence-corrected chi connectivity index (χ3v) is 4.72. The smallest absolute Gasteiger partial charge is 0.414 e. The maximum Gasteiger partial charge on any atom is 0.414 e. The Hall–Kier alpha value is -2.48. The van der Waals surface area contributed by atoms with E-state index in [2.05, 4.69) is 10.3 Å². The van der Waals surface area contributed by atoms with Crippen LogP contribution in [0.5, 0.6) is 0 Å². The SMILES string of the molecule is C[C@H]1OC[C@]2(c3ccccc3F)N=C(NC(=O)OC(C)(C)C)N(C)C(=O)[C@H]12. The van der Waals surface area contributed by atoms with Gasteiger partial charge >= 0.3 is 6.09 Å². The second-order valence-corrected chi connectivity index (χ2v) is 7.86. The second-order valence-electron chi connectivity index (χ2n) is 7.86. The van der Waals surface area contributed by atoms with Crippen molar-refractivity contribution in [3.8, 4) is 0 Å². The van der Waals surface area contributed by atoms with E-state index in [1.165, 1.54) is 18.0 Å². The molecule has 7 nitrogen and oxygen atoms in total. The summed E-state index contributed by atoms with van der Waals surface area (Å²) < 4.78 is 25.6. The van der Waals surface area contributed by atoms with Gasteiger partial charge in [0.2, 0.25) is 11.9 Å². The van der Waals surface area contributed by atoms with Crippen LogP contribution in [0.25, 0.3) is 0 Å². The van der Waals surface area contributed by atoms with Gasteiger partial charge in [-0.05, 0) is 33.8 Å². The summed E-state index contributed by atoms with van der Waals surface area (Å²) >= 11 is 0. The lowest BCUT2D eigenvalue weighted by Crippen LogP contribution is -2.58. The van der Waals surface area contributed by atoms with Gasteiger partial charge in [0.25, 0.3) is 0 Å². The van der Waals surface area contributed by atoms with Crippen molar-refractivity contribution in [1.82, 2.24) is 10.2 Å². The molecule has 1 saturated heterocycles. The van der Waals surface area contributed by atoms with Crippen molar-refractivity contribution < 1.29 is 23.5 Å². The number of halogens is 1. The van der Waals surface area contributed by atoms with Crippen molar-refractivity contribution in [3.05, 3.63) is 35.6 Å². The molecule has 1 N–H and O–H groups in total. The van der Waals surface area contributed by atoms with Gasteiger partial charge in [-0.3, -0.25) is 15.0 Å². The molecule has 27 heavy (non-hydrogen) atoms. The van der Waals surface area contributed by atoms with E-state index in [0.29, 0.717) is 0 Å². The Morgan fingerprint density at radius 2 is 2.07 bits per heavy atom. The molecular formula is C19H24FN3O4. The van der Waals surface area contributed by atoms with Gasteiger partial charge in [-0.1, -0.05) is 18.2 Å². The molecule has 0 spiro atoms. The maximum absolute atomic E-state index is 14.6. The standard InChI is InChI=1S/C19H24FN3O4/c1-11-14-15(24)23(5)16(21-17(25)27-18(2,3)4)22-19(14,10-26-11)12-8-6-7-9-13(12)20/h6-9,11,14H,10H2,1-5H3,(H,21,22,25)/t11-,14+,19-/m1/s1. The van der Waals surface area contributed by atoms with Crippen LogP contribution < -0.4 is 5.32 Å². The molecule has 146 valence electrons. The summed E-state index contributed by atoms with van der Waals surface area (Å²) in [5.74, 6) is -1.46. The van der Waals surface area contributed by atoms with Crippen LogP contribution in [-0.2, 0) is 19.8 Å². The highest BCUT2D eigenvalue weighted by atomic mass is 19.1. The number of hydrogen-bond acceptors (Lipinski definition) is 5. The van der Waals surface area contributed by atoms with E-state index in [-0.39, 0.29) is 24.0 Å². The van der Waals surface area contributed by atoms with Crippen molar-refractivity contribution in [2.45, 2.75) is 44.9 Å². The second kappa shape index (κ2) is 6.60. The molecule has 3 rings (SSSR count). The number of aliphatic imine (C=N–C) groups is 1. The number of fused-ring (bicyclic) bond motifs is 1. The van der Waals surface area contributed by atoms with Crippen LogP contribution in [0.4, 0.5) is 9.18 Å². The predicted octanol–water partition coefficient (Wildman–Crippen LogP) is 2.41. The molecule has 2 amide bonds. The Labute approximate surface area is 157 Å². The zero-order valence-corrected chi connectivity index (χ0v) is 16.1. The minimum atomic E-state index is -1.24. The fraction of sp³-hybridized carbons (Fsp3) is 0.526. The lowest BCUT2D eigenvalue weighted by Gasteiger charge is -2.39. The first-order chi connectivity index (χ1) is 12.5. The number of alkyl carbamates (subject to hydrolysis) is 1. The minimum Gasteiger partial charge on any atom is -0.444 e. The Morgan fingerprint density at radius 1 is 1.41 bits per heavy atom. The first-order valence-corrected chi connectivity index (χ1v) is 8.79. The molecule has 2 heterocycles. The number of hydrogen-bond donors (Lipinski definition) is 1. The van der Waals surface area contributed by atoms with E-state index < -0.39 is 35.1 Å². The van der Waals surface area contributed by atoms with Crippen LogP contribution in [0, 0.1) is 11.7 Å². The van der Waals surface area contributed by atoms with E-state index >= 15 is 0 Å². The Kier molecular flexibility index (Phi) is 4.71. The Bertz CT molecular complexity index is 804. The molecule has 0 radical (unpaired) electrons. The third kappa shape index (κ3) is 3.41. The van der Waals surface area contributed by atoms with Crippen molar-refractivity contribution in [2.24, 2.45) is 10.9 Å². The number of nitrogens with zero attached hydrogens (tertiary/aromatic N) is 2. The number of carbonyl (C=O) groups excluding carboxylic acids is 2. The molecule has 2 aliphatic heterocycles. The molecule has 0 bridgehead atoms.